The lowest BCUT2D eigenvalue weighted by Crippen LogP contribution is -2.49. The predicted octanol–water partition coefficient (Wildman–Crippen LogP) is 3.41. The molecule has 0 spiro atoms. The molecule has 7 heteroatoms. The lowest BCUT2D eigenvalue weighted by Gasteiger charge is -2.35. The number of rotatable bonds is 2. The fourth-order valence-corrected chi connectivity index (χ4v) is 3.78. The van der Waals surface area contributed by atoms with Crippen molar-refractivity contribution in [3.05, 3.63) is 44.7 Å². The quantitative estimate of drug-likeness (QED) is 0.839. The Balaban J connectivity index is 1.66. The Labute approximate surface area is 136 Å². The van der Waals surface area contributed by atoms with Crippen molar-refractivity contribution >= 4 is 46.3 Å². The summed E-state index contributed by atoms with van der Waals surface area (Å²) < 4.78 is 0.993. The molecule has 1 aliphatic heterocycles. The first-order chi connectivity index (χ1) is 10.1. The van der Waals surface area contributed by atoms with Crippen LogP contribution in [-0.2, 0) is 0 Å². The molecule has 2 aromatic rings. The zero-order chi connectivity index (χ0) is 14.8. The first-order valence-corrected chi connectivity index (χ1v) is 8.12. The Morgan fingerprint density at radius 3 is 2.52 bits per heavy atom. The molecule has 4 nitrogen and oxygen atoms in total. The number of anilines is 1. The van der Waals surface area contributed by atoms with Gasteiger partial charge in [-0.05, 0) is 18.2 Å². The molecule has 0 N–H and O–H groups in total. The van der Waals surface area contributed by atoms with Crippen molar-refractivity contribution < 1.29 is 4.79 Å². The van der Waals surface area contributed by atoms with Gasteiger partial charge in [0.1, 0.15) is 10.2 Å². The van der Waals surface area contributed by atoms with Gasteiger partial charge in [-0.2, -0.15) is 0 Å². The molecule has 1 saturated heterocycles. The maximum absolute atomic E-state index is 12.4. The fraction of sp³-hybridized carbons (Fsp3) is 0.286. The zero-order valence-corrected chi connectivity index (χ0v) is 13.5. The van der Waals surface area contributed by atoms with Gasteiger partial charge in [-0.25, -0.2) is 4.98 Å². The van der Waals surface area contributed by atoms with Crippen LogP contribution in [0.1, 0.15) is 10.4 Å². The number of nitrogens with zero attached hydrogens (tertiary/aromatic N) is 3. The van der Waals surface area contributed by atoms with E-state index in [2.05, 4.69) is 9.88 Å². The van der Waals surface area contributed by atoms with Gasteiger partial charge in [0.2, 0.25) is 0 Å². The monoisotopic (exact) mass is 341 g/mol. The molecule has 0 aromatic carbocycles. The van der Waals surface area contributed by atoms with Gasteiger partial charge in [-0.15, -0.1) is 11.3 Å². The van der Waals surface area contributed by atoms with E-state index in [0.29, 0.717) is 27.3 Å². The average molecular weight is 342 g/mol. The second kappa shape index (κ2) is 6.22. The summed E-state index contributed by atoms with van der Waals surface area (Å²) in [4.78, 5) is 20.7. The molecule has 1 fully saturated rings. The highest BCUT2D eigenvalue weighted by atomic mass is 35.5. The summed E-state index contributed by atoms with van der Waals surface area (Å²) in [6, 6.07) is 7.48. The summed E-state index contributed by atoms with van der Waals surface area (Å²) in [7, 11) is 0. The van der Waals surface area contributed by atoms with Crippen LogP contribution in [0.2, 0.25) is 8.67 Å². The van der Waals surface area contributed by atoms with E-state index in [4.69, 9.17) is 23.2 Å². The van der Waals surface area contributed by atoms with Crippen LogP contribution in [0.5, 0.6) is 0 Å². The molecule has 3 rings (SSSR count). The number of amides is 1. The van der Waals surface area contributed by atoms with Crippen molar-refractivity contribution in [2.45, 2.75) is 0 Å². The molecule has 110 valence electrons. The van der Waals surface area contributed by atoms with E-state index < -0.39 is 0 Å². The van der Waals surface area contributed by atoms with Gasteiger partial charge < -0.3 is 9.80 Å². The average Bonchev–Trinajstić information content (AvgIpc) is 2.86. The molecule has 0 saturated carbocycles. The van der Waals surface area contributed by atoms with Crippen LogP contribution in [0.25, 0.3) is 0 Å². The number of thiophene rings is 1. The maximum Gasteiger partial charge on any atom is 0.256 e. The second-order valence-corrected chi connectivity index (χ2v) is 6.99. The maximum atomic E-state index is 12.4. The van der Waals surface area contributed by atoms with E-state index >= 15 is 0 Å². The largest absolute Gasteiger partial charge is 0.353 e. The summed E-state index contributed by atoms with van der Waals surface area (Å²) in [5.41, 5.74) is 0.498. The lowest BCUT2D eigenvalue weighted by molar-refractivity contribution is 0.0747. The molecule has 0 bridgehead atoms. The van der Waals surface area contributed by atoms with Crippen molar-refractivity contribution in [2.75, 3.05) is 31.1 Å². The van der Waals surface area contributed by atoms with Crippen molar-refractivity contribution in [2.24, 2.45) is 0 Å². The number of hydrogen-bond donors (Lipinski definition) is 0. The van der Waals surface area contributed by atoms with Crippen LogP contribution in [0.15, 0.2) is 30.5 Å². The summed E-state index contributed by atoms with van der Waals surface area (Å²) in [5.74, 6) is 0.894. The zero-order valence-electron chi connectivity index (χ0n) is 11.1. The van der Waals surface area contributed by atoms with E-state index in [1.54, 1.807) is 12.3 Å². The molecule has 0 radical (unpaired) electrons. The van der Waals surface area contributed by atoms with Gasteiger partial charge in [-0.1, -0.05) is 29.3 Å². The van der Waals surface area contributed by atoms with Gasteiger partial charge in [-0.3, -0.25) is 4.79 Å². The van der Waals surface area contributed by atoms with Crippen LogP contribution in [0.4, 0.5) is 5.82 Å². The highest BCUT2D eigenvalue weighted by molar-refractivity contribution is 7.20. The Morgan fingerprint density at radius 1 is 1.19 bits per heavy atom. The number of carbonyl (C=O) groups excluding carboxylic acids is 1. The van der Waals surface area contributed by atoms with E-state index in [9.17, 15) is 4.79 Å². The third-order valence-corrected chi connectivity index (χ3v) is 4.91. The minimum Gasteiger partial charge on any atom is -0.353 e. The smallest absolute Gasteiger partial charge is 0.256 e. The van der Waals surface area contributed by atoms with Gasteiger partial charge >= 0.3 is 0 Å². The van der Waals surface area contributed by atoms with E-state index in [1.807, 2.05) is 23.1 Å². The molecule has 21 heavy (non-hydrogen) atoms. The van der Waals surface area contributed by atoms with Crippen LogP contribution >= 0.6 is 34.5 Å². The van der Waals surface area contributed by atoms with Gasteiger partial charge in [0, 0.05) is 32.4 Å². The topological polar surface area (TPSA) is 36.4 Å². The highest BCUT2D eigenvalue weighted by Crippen LogP contribution is 2.32. The lowest BCUT2D eigenvalue weighted by atomic mass is 10.2. The molecular formula is C14H13Cl2N3OS. The number of hydrogen-bond acceptors (Lipinski definition) is 4. The highest BCUT2D eigenvalue weighted by Gasteiger charge is 2.25. The molecule has 1 amide bonds. The fourth-order valence-electron chi connectivity index (χ4n) is 2.34. The Kier molecular flexibility index (Phi) is 4.33. The van der Waals surface area contributed by atoms with Gasteiger partial charge in [0.05, 0.1) is 9.90 Å². The first kappa shape index (κ1) is 14.6. The second-order valence-electron chi connectivity index (χ2n) is 4.71. The van der Waals surface area contributed by atoms with Crippen LogP contribution in [0, 0.1) is 0 Å². The van der Waals surface area contributed by atoms with E-state index in [1.165, 1.54) is 11.3 Å². The number of aromatic nitrogens is 1. The number of piperazine rings is 1. The van der Waals surface area contributed by atoms with Crippen LogP contribution in [0.3, 0.4) is 0 Å². The number of carbonyl (C=O) groups is 1. The summed E-state index contributed by atoms with van der Waals surface area (Å²) in [6.45, 7) is 2.83. The van der Waals surface area contributed by atoms with Crippen molar-refractivity contribution in [1.29, 1.82) is 0 Å². The Bertz CT molecular complexity index is 639. The number of halogens is 2. The van der Waals surface area contributed by atoms with Gasteiger partial charge in [0.25, 0.3) is 5.91 Å². The molecule has 0 aliphatic carbocycles. The van der Waals surface area contributed by atoms with Crippen molar-refractivity contribution in [3.63, 3.8) is 0 Å². The minimum atomic E-state index is -0.0520. The molecular weight excluding hydrogens is 329 g/mol. The van der Waals surface area contributed by atoms with Crippen molar-refractivity contribution in [1.82, 2.24) is 9.88 Å². The first-order valence-electron chi connectivity index (χ1n) is 6.55. The molecule has 3 heterocycles. The van der Waals surface area contributed by atoms with E-state index in [-0.39, 0.29) is 5.91 Å². The van der Waals surface area contributed by atoms with Crippen LogP contribution in [-0.4, -0.2) is 42.0 Å². The number of pyridine rings is 1. The standard InChI is InChI=1S/C14H13Cl2N3OS/c15-11-9-10(13(16)21-11)14(20)19-7-5-18(6-8-19)12-3-1-2-4-17-12/h1-4,9H,5-8H2. The van der Waals surface area contributed by atoms with E-state index in [0.717, 1.165) is 18.9 Å². The molecule has 0 unspecified atom stereocenters. The third kappa shape index (κ3) is 3.15. The Morgan fingerprint density at radius 2 is 1.95 bits per heavy atom. The SMILES string of the molecule is O=C(c1cc(Cl)sc1Cl)N1CCN(c2ccccn2)CC1. The minimum absolute atomic E-state index is 0.0520. The summed E-state index contributed by atoms with van der Waals surface area (Å²) in [6.07, 6.45) is 1.78. The molecule has 1 aliphatic rings. The van der Waals surface area contributed by atoms with Gasteiger partial charge in [0.15, 0.2) is 0 Å². The predicted molar refractivity (Wildman–Crippen MR) is 86.7 cm³/mol. The Hall–Kier alpha value is -1.30. The van der Waals surface area contributed by atoms with Crippen molar-refractivity contribution in [3.8, 4) is 0 Å². The summed E-state index contributed by atoms with van der Waals surface area (Å²) in [5, 5.41) is 0. The molecule has 2 aromatic heterocycles. The normalized spacial score (nSPS) is 15.3. The molecule has 0 atom stereocenters. The third-order valence-electron chi connectivity index (χ3n) is 3.43. The summed E-state index contributed by atoms with van der Waals surface area (Å²) >= 11 is 13.2. The van der Waals surface area contributed by atoms with Crippen LogP contribution < -0.4 is 4.90 Å².